The second-order valence-electron chi connectivity index (χ2n) is 7.68. The molecule has 0 radical (unpaired) electrons. The summed E-state index contributed by atoms with van der Waals surface area (Å²) in [4.78, 5) is 5.97. The van der Waals surface area contributed by atoms with Gasteiger partial charge in [-0.15, -0.1) is 11.3 Å². The molecule has 0 spiro atoms. The molecule has 5 aromatic rings. The molecule has 4 aromatic carbocycles. The lowest BCUT2D eigenvalue weighted by Gasteiger charge is -2.10. The first-order chi connectivity index (χ1) is 15.9. The maximum Gasteiger partial charge on any atom is 0.190 e. The smallest absolute Gasteiger partial charge is 0.190 e. The molecule has 0 bridgehead atoms. The summed E-state index contributed by atoms with van der Waals surface area (Å²) in [6, 6.07) is 40.2. The van der Waals surface area contributed by atoms with Crippen LogP contribution in [0.5, 0.6) is 0 Å². The first-order valence-electron chi connectivity index (χ1n) is 10.8. The SMILES string of the molecule is c1ccc(CCn2c(-c3ccc(-c4ccccc4)cc3)csc2=Nc2ccccc2)cc1. The lowest BCUT2D eigenvalue weighted by molar-refractivity contribution is 0.684. The maximum atomic E-state index is 4.95. The van der Waals surface area contributed by atoms with Crippen LogP contribution in [0.25, 0.3) is 22.4 Å². The first kappa shape index (κ1) is 20.2. The topological polar surface area (TPSA) is 17.3 Å². The molecule has 2 nitrogen and oxygen atoms in total. The minimum absolute atomic E-state index is 0.884. The molecule has 5 rings (SSSR count). The van der Waals surface area contributed by atoms with E-state index in [1.165, 1.54) is 27.9 Å². The van der Waals surface area contributed by atoms with Crippen molar-refractivity contribution in [2.24, 2.45) is 4.99 Å². The molecule has 0 aliphatic heterocycles. The van der Waals surface area contributed by atoms with Crippen LogP contribution in [-0.4, -0.2) is 4.57 Å². The van der Waals surface area contributed by atoms with E-state index in [2.05, 4.69) is 107 Å². The highest BCUT2D eigenvalue weighted by Crippen LogP contribution is 2.26. The Balaban J connectivity index is 1.52. The van der Waals surface area contributed by atoms with Gasteiger partial charge in [-0.25, -0.2) is 4.99 Å². The van der Waals surface area contributed by atoms with Crippen LogP contribution in [0.2, 0.25) is 0 Å². The summed E-state index contributed by atoms with van der Waals surface area (Å²) in [5.74, 6) is 0. The van der Waals surface area contributed by atoms with Crippen LogP contribution in [0.3, 0.4) is 0 Å². The molecule has 0 aliphatic carbocycles. The number of hydrogen-bond acceptors (Lipinski definition) is 2. The summed E-state index contributed by atoms with van der Waals surface area (Å²) in [5, 5.41) is 2.23. The molecule has 0 atom stereocenters. The molecular weight excluding hydrogens is 408 g/mol. The minimum Gasteiger partial charge on any atom is -0.316 e. The first-order valence-corrected chi connectivity index (χ1v) is 11.7. The van der Waals surface area contributed by atoms with E-state index >= 15 is 0 Å². The zero-order valence-electron chi connectivity index (χ0n) is 17.8. The average molecular weight is 433 g/mol. The predicted octanol–water partition coefficient (Wildman–Crippen LogP) is 7.36. The predicted molar refractivity (Wildman–Crippen MR) is 135 cm³/mol. The van der Waals surface area contributed by atoms with E-state index in [1.807, 2.05) is 18.2 Å². The van der Waals surface area contributed by atoms with E-state index in [1.54, 1.807) is 11.3 Å². The fourth-order valence-corrected chi connectivity index (χ4v) is 4.78. The number of aryl methyl sites for hydroxylation is 1. The summed E-state index contributed by atoms with van der Waals surface area (Å²) >= 11 is 1.70. The van der Waals surface area contributed by atoms with E-state index in [9.17, 15) is 0 Å². The van der Waals surface area contributed by atoms with E-state index in [4.69, 9.17) is 4.99 Å². The summed E-state index contributed by atoms with van der Waals surface area (Å²) in [6.45, 7) is 0.884. The Hall–Kier alpha value is -3.69. The monoisotopic (exact) mass is 432 g/mol. The molecule has 0 saturated heterocycles. The normalized spacial score (nSPS) is 11.6. The van der Waals surface area contributed by atoms with Crippen molar-refractivity contribution in [3.05, 3.63) is 131 Å². The van der Waals surface area contributed by atoms with Crippen molar-refractivity contribution >= 4 is 17.0 Å². The summed E-state index contributed by atoms with van der Waals surface area (Å²) in [7, 11) is 0. The molecule has 0 N–H and O–H groups in total. The standard InChI is InChI=1S/C29H24N2S/c1-4-10-23(11-5-1)20-21-31-28(22-32-29(31)30-27-14-8-3-9-15-27)26-18-16-25(17-19-26)24-12-6-2-7-13-24/h1-19,22H,20-21H2. The van der Waals surface area contributed by atoms with Gasteiger partial charge in [0, 0.05) is 11.9 Å². The third-order valence-corrected chi connectivity index (χ3v) is 6.40. The van der Waals surface area contributed by atoms with Crippen LogP contribution in [-0.2, 0) is 13.0 Å². The van der Waals surface area contributed by atoms with Crippen molar-refractivity contribution in [1.29, 1.82) is 0 Å². The largest absolute Gasteiger partial charge is 0.316 e. The quantitative estimate of drug-likeness (QED) is 0.267. The molecule has 0 unspecified atom stereocenters. The van der Waals surface area contributed by atoms with Crippen LogP contribution in [0.1, 0.15) is 5.56 Å². The van der Waals surface area contributed by atoms with Crippen molar-refractivity contribution < 1.29 is 0 Å². The average Bonchev–Trinajstić information content (AvgIpc) is 3.27. The maximum absolute atomic E-state index is 4.95. The zero-order valence-corrected chi connectivity index (χ0v) is 18.6. The number of para-hydroxylation sites is 1. The Bertz CT molecular complexity index is 1330. The molecule has 3 heteroatoms. The number of rotatable bonds is 6. The Kier molecular flexibility index (Phi) is 6.09. The van der Waals surface area contributed by atoms with Crippen LogP contribution < -0.4 is 4.80 Å². The fourth-order valence-electron chi connectivity index (χ4n) is 3.83. The van der Waals surface area contributed by atoms with E-state index < -0.39 is 0 Å². The van der Waals surface area contributed by atoms with Crippen LogP contribution in [0.15, 0.2) is 126 Å². The number of thiazole rings is 1. The molecule has 0 saturated carbocycles. The van der Waals surface area contributed by atoms with Gasteiger partial charge in [-0.1, -0.05) is 103 Å². The molecule has 0 aliphatic rings. The highest BCUT2D eigenvalue weighted by molar-refractivity contribution is 7.07. The van der Waals surface area contributed by atoms with Gasteiger partial charge in [0.1, 0.15) is 0 Å². The van der Waals surface area contributed by atoms with Crippen molar-refractivity contribution in [1.82, 2.24) is 4.57 Å². The summed E-state index contributed by atoms with van der Waals surface area (Å²) < 4.78 is 2.35. The van der Waals surface area contributed by atoms with Crippen LogP contribution >= 0.6 is 11.3 Å². The third-order valence-electron chi connectivity index (χ3n) is 5.53. The molecule has 32 heavy (non-hydrogen) atoms. The van der Waals surface area contributed by atoms with Crippen molar-refractivity contribution in [3.63, 3.8) is 0 Å². The Labute approximate surface area is 192 Å². The zero-order chi connectivity index (χ0) is 21.6. The Morgan fingerprint density at radius 1 is 0.594 bits per heavy atom. The summed E-state index contributed by atoms with van der Waals surface area (Å²) in [5.41, 5.74) is 7.20. The molecule has 1 heterocycles. The van der Waals surface area contributed by atoms with Gasteiger partial charge < -0.3 is 4.57 Å². The second kappa shape index (κ2) is 9.63. The van der Waals surface area contributed by atoms with Gasteiger partial charge in [0.25, 0.3) is 0 Å². The minimum atomic E-state index is 0.884. The van der Waals surface area contributed by atoms with Crippen molar-refractivity contribution in [2.45, 2.75) is 13.0 Å². The number of aromatic nitrogens is 1. The third kappa shape index (κ3) is 4.63. The lowest BCUT2D eigenvalue weighted by atomic mass is 10.0. The summed E-state index contributed by atoms with van der Waals surface area (Å²) in [6.07, 6.45) is 0.967. The number of hydrogen-bond donors (Lipinski definition) is 0. The molecule has 156 valence electrons. The molecular formula is C29H24N2S. The highest BCUT2D eigenvalue weighted by atomic mass is 32.1. The van der Waals surface area contributed by atoms with Crippen LogP contribution in [0.4, 0.5) is 5.69 Å². The van der Waals surface area contributed by atoms with Crippen molar-refractivity contribution in [2.75, 3.05) is 0 Å². The Morgan fingerprint density at radius 2 is 1.16 bits per heavy atom. The fraction of sp³-hybridized carbons (Fsp3) is 0.0690. The van der Waals surface area contributed by atoms with E-state index in [0.29, 0.717) is 0 Å². The van der Waals surface area contributed by atoms with Gasteiger partial charge in [-0.2, -0.15) is 0 Å². The van der Waals surface area contributed by atoms with E-state index in [0.717, 1.165) is 23.5 Å². The van der Waals surface area contributed by atoms with Gasteiger partial charge in [0.2, 0.25) is 0 Å². The number of benzene rings is 4. The van der Waals surface area contributed by atoms with Gasteiger partial charge in [0.15, 0.2) is 4.80 Å². The molecule has 1 aromatic heterocycles. The highest BCUT2D eigenvalue weighted by Gasteiger charge is 2.09. The van der Waals surface area contributed by atoms with Crippen molar-refractivity contribution in [3.8, 4) is 22.4 Å². The van der Waals surface area contributed by atoms with Crippen LogP contribution in [0, 0.1) is 0 Å². The van der Waals surface area contributed by atoms with E-state index in [-0.39, 0.29) is 0 Å². The van der Waals surface area contributed by atoms with Gasteiger partial charge in [-0.05, 0) is 40.8 Å². The number of nitrogens with zero attached hydrogens (tertiary/aromatic N) is 2. The van der Waals surface area contributed by atoms with Gasteiger partial charge >= 0.3 is 0 Å². The molecule has 0 fully saturated rings. The molecule has 0 amide bonds. The Morgan fingerprint density at radius 3 is 1.84 bits per heavy atom. The van der Waals surface area contributed by atoms with Gasteiger partial charge in [0.05, 0.1) is 11.4 Å². The van der Waals surface area contributed by atoms with Gasteiger partial charge in [-0.3, -0.25) is 0 Å². The second-order valence-corrected chi connectivity index (χ2v) is 8.52. The lowest BCUT2D eigenvalue weighted by Crippen LogP contribution is -2.17.